The zero-order valence-corrected chi connectivity index (χ0v) is 16.5. The van der Waals surface area contributed by atoms with E-state index in [2.05, 4.69) is 16.0 Å². The van der Waals surface area contributed by atoms with Crippen LogP contribution in [0.15, 0.2) is 58.5 Å². The third kappa shape index (κ3) is 3.44. The van der Waals surface area contributed by atoms with Crippen molar-refractivity contribution in [1.82, 2.24) is 9.97 Å². The van der Waals surface area contributed by atoms with Crippen LogP contribution in [-0.2, 0) is 5.75 Å². The molecule has 1 N–H and O–H groups in total. The lowest BCUT2D eigenvalue weighted by Gasteiger charge is -2.04. The second-order valence-electron chi connectivity index (χ2n) is 6.15. The Morgan fingerprint density at radius 2 is 1.96 bits per heavy atom. The number of aryl methyl sites for hydroxylation is 1. The van der Waals surface area contributed by atoms with Gasteiger partial charge in [-0.15, -0.1) is 11.3 Å². The molecule has 0 aliphatic heterocycles. The minimum Gasteiger partial charge on any atom is -0.301 e. The van der Waals surface area contributed by atoms with E-state index >= 15 is 0 Å². The molecule has 0 atom stereocenters. The Morgan fingerprint density at radius 3 is 2.71 bits per heavy atom. The average Bonchev–Trinajstić information content (AvgIpc) is 3.03. The summed E-state index contributed by atoms with van der Waals surface area (Å²) in [6.07, 6.45) is 0. The van der Waals surface area contributed by atoms with E-state index in [1.54, 1.807) is 18.2 Å². The molecule has 7 heteroatoms. The number of fused-ring (bicyclic) bond motifs is 1. The molecule has 4 rings (SSSR count). The number of benzene rings is 2. The van der Waals surface area contributed by atoms with Gasteiger partial charge in [0.2, 0.25) is 0 Å². The fourth-order valence-electron chi connectivity index (χ4n) is 3.03. The van der Waals surface area contributed by atoms with Crippen LogP contribution in [0.1, 0.15) is 16.0 Å². The van der Waals surface area contributed by atoms with Crippen LogP contribution >= 0.6 is 23.1 Å². The summed E-state index contributed by atoms with van der Waals surface area (Å²) < 4.78 is 13.3. The number of nitrogens with one attached hydrogen (secondary N) is 1. The smallest absolute Gasteiger partial charge is 0.260 e. The number of nitriles is 1. The standard InChI is InChI=1S/C21H14FN3OS2/c1-12-17(13-6-8-16(22)9-7-13)18-19(26)24-21(25-20(18)28-12)27-11-15-5-3-2-4-14(15)10-23/h2-9H,11H2,1H3,(H,24,25,26). The predicted molar refractivity (Wildman–Crippen MR) is 111 cm³/mol. The lowest BCUT2D eigenvalue weighted by molar-refractivity contribution is 0.628. The van der Waals surface area contributed by atoms with Gasteiger partial charge < -0.3 is 4.98 Å². The van der Waals surface area contributed by atoms with Crippen LogP contribution in [-0.4, -0.2) is 9.97 Å². The predicted octanol–water partition coefficient (Wildman–Crippen LogP) is 5.26. The Balaban J connectivity index is 1.71. The van der Waals surface area contributed by atoms with Crippen molar-refractivity contribution in [1.29, 1.82) is 5.26 Å². The van der Waals surface area contributed by atoms with Crippen molar-refractivity contribution < 1.29 is 4.39 Å². The summed E-state index contributed by atoms with van der Waals surface area (Å²) in [6.45, 7) is 1.93. The van der Waals surface area contributed by atoms with E-state index in [1.807, 2.05) is 25.1 Å². The molecule has 28 heavy (non-hydrogen) atoms. The van der Waals surface area contributed by atoms with E-state index in [4.69, 9.17) is 0 Å². The monoisotopic (exact) mass is 407 g/mol. The highest BCUT2D eigenvalue weighted by Crippen LogP contribution is 2.36. The van der Waals surface area contributed by atoms with Gasteiger partial charge in [0.05, 0.1) is 17.0 Å². The number of aromatic nitrogens is 2. The summed E-state index contributed by atoms with van der Waals surface area (Å²) in [7, 11) is 0. The first-order chi connectivity index (χ1) is 13.6. The molecule has 2 aromatic carbocycles. The van der Waals surface area contributed by atoms with Crippen molar-refractivity contribution in [3.8, 4) is 17.2 Å². The first-order valence-corrected chi connectivity index (χ1v) is 10.3. The number of nitrogens with zero attached hydrogens (tertiary/aromatic N) is 2. The van der Waals surface area contributed by atoms with Crippen LogP contribution in [0.3, 0.4) is 0 Å². The van der Waals surface area contributed by atoms with Crippen LogP contribution in [0.25, 0.3) is 21.3 Å². The number of hydrogen-bond donors (Lipinski definition) is 1. The lowest BCUT2D eigenvalue weighted by Crippen LogP contribution is -2.08. The van der Waals surface area contributed by atoms with Crippen molar-refractivity contribution in [2.45, 2.75) is 17.8 Å². The molecule has 4 nitrogen and oxygen atoms in total. The molecule has 0 unspecified atom stereocenters. The van der Waals surface area contributed by atoms with E-state index in [1.165, 1.54) is 35.2 Å². The molecule has 0 aliphatic carbocycles. The SMILES string of the molecule is Cc1sc2nc(SCc3ccccc3C#N)[nH]c(=O)c2c1-c1ccc(F)cc1. The molecule has 0 aliphatic rings. The number of hydrogen-bond acceptors (Lipinski definition) is 5. The van der Waals surface area contributed by atoms with Gasteiger partial charge in [0, 0.05) is 16.2 Å². The molecular weight excluding hydrogens is 393 g/mol. The Kier molecular flexibility index (Phi) is 4.99. The molecule has 0 bridgehead atoms. The van der Waals surface area contributed by atoms with Gasteiger partial charge in [0.1, 0.15) is 10.6 Å². The molecule has 0 saturated heterocycles. The van der Waals surface area contributed by atoms with E-state index in [0.29, 0.717) is 26.7 Å². The fraction of sp³-hybridized carbons (Fsp3) is 0.0952. The molecule has 2 heterocycles. The Morgan fingerprint density at radius 1 is 1.21 bits per heavy atom. The Labute approximate surface area is 168 Å². The molecule has 2 aromatic heterocycles. The second kappa shape index (κ2) is 7.58. The van der Waals surface area contributed by atoms with Gasteiger partial charge in [-0.3, -0.25) is 4.79 Å². The first-order valence-electron chi connectivity index (χ1n) is 8.47. The van der Waals surface area contributed by atoms with Gasteiger partial charge in [0.25, 0.3) is 5.56 Å². The largest absolute Gasteiger partial charge is 0.301 e. The van der Waals surface area contributed by atoms with E-state index < -0.39 is 0 Å². The van der Waals surface area contributed by atoms with E-state index in [-0.39, 0.29) is 11.4 Å². The highest BCUT2D eigenvalue weighted by atomic mass is 32.2. The maximum absolute atomic E-state index is 13.3. The summed E-state index contributed by atoms with van der Waals surface area (Å²) >= 11 is 2.83. The molecule has 4 aromatic rings. The van der Waals surface area contributed by atoms with Crippen LogP contribution in [0, 0.1) is 24.1 Å². The molecule has 0 saturated carbocycles. The Hall–Kier alpha value is -2.95. The molecule has 0 radical (unpaired) electrons. The van der Waals surface area contributed by atoms with E-state index in [0.717, 1.165) is 21.6 Å². The van der Waals surface area contributed by atoms with Crippen molar-refractivity contribution in [2.75, 3.05) is 0 Å². The maximum Gasteiger partial charge on any atom is 0.260 e. The topological polar surface area (TPSA) is 69.5 Å². The summed E-state index contributed by atoms with van der Waals surface area (Å²) in [5.74, 6) is 0.220. The zero-order chi connectivity index (χ0) is 19.7. The van der Waals surface area contributed by atoms with Crippen molar-refractivity contribution in [3.05, 3.63) is 80.7 Å². The third-order valence-electron chi connectivity index (χ3n) is 4.35. The fourth-order valence-corrected chi connectivity index (χ4v) is 5.00. The summed E-state index contributed by atoms with van der Waals surface area (Å²) in [5.41, 5.74) is 2.88. The molecule has 0 spiro atoms. The lowest BCUT2D eigenvalue weighted by atomic mass is 10.0. The van der Waals surface area contributed by atoms with Gasteiger partial charge in [0.15, 0.2) is 5.16 Å². The Bertz CT molecular complexity index is 1270. The summed E-state index contributed by atoms with van der Waals surface area (Å²) in [6, 6.07) is 15.7. The van der Waals surface area contributed by atoms with Crippen LogP contribution in [0.2, 0.25) is 0 Å². The average molecular weight is 407 g/mol. The molecular formula is C21H14FN3OS2. The van der Waals surface area contributed by atoms with Crippen molar-refractivity contribution in [2.24, 2.45) is 0 Å². The quantitative estimate of drug-likeness (QED) is 0.370. The number of rotatable bonds is 4. The van der Waals surface area contributed by atoms with Crippen molar-refractivity contribution >= 4 is 33.3 Å². The van der Waals surface area contributed by atoms with Gasteiger partial charge >= 0.3 is 0 Å². The summed E-state index contributed by atoms with van der Waals surface area (Å²) in [4.78, 5) is 21.8. The minimum atomic E-state index is -0.315. The summed E-state index contributed by atoms with van der Waals surface area (Å²) in [5, 5.41) is 10.2. The first kappa shape index (κ1) is 18.4. The van der Waals surface area contributed by atoms with E-state index in [9.17, 15) is 14.4 Å². The number of thiophene rings is 1. The second-order valence-corrected chi connectivity index (χ2v) is 8.32. The number of aromatic amines is 1. The molecule has 0 amide bonds. The minimum absolute atomic E-state index is 0.218. The maximum atomic E-state index is 13.3. The van der Waals surface area contributed by atoms with Crippen LogP contribution in [0.5, 0.6) is 0 Å². The highest BCUT2D eigenvalue weighted by molar-refractivity contribution is 7.98. The number of thioether (sulfide) groups is 1. The normalized spacial score (nSPS) is 10.9. The van der Waals surface area contributed by atoms with Gasteiger partial charge in [-0.05, 0) is 36.2 Å². The molecule has 0 fully saturated rings. The van der Waals surface area contributed by atoms with Crippen LogP contribution < -0.4 is 5.56 Å². The van der Waals surface area contributed by atoms with Gasteiger partial charge in [-0.2, -0.15) is 5.26 Å². The van der Waals surface area contributed by atoms with Gasteiger partial charge in [-0.1, -0.05) is 42.1 Å². The zero-order valence-electron chi connectivity index (χ0n) is 14.8. The molecule has 138 valence electrons. The number of halogens is 1. The number of H-pyrrole nitrogens is 1. The van der Waals surface area contributed by atoms with Crippen molar-refractivity contribution in [3.63, 3.8) is 0 Å². The third-order valence-corrected chi connectivity index (χ3v) is 6.27. The van der Waals surface area contributed by atoms with Gasteiger partial charge in [-0.25, -0.2) is 9.37 Å². The van der Waals surface area contributed by atoms with Crippen LogP contribution in [0.4, 0.5) is 4.39 Å². The highest BCUT2D eigenvalue weighted by Gasteiger charge is 2.17.